The normalized spacial score (nSPS) is 20.8. The van der Waals surface area contributed by atoms with E-state index >= 15 is 0 Å². The number of carbonyl (C=O) groups excluding carboxylic acids is 1. The molecular formula is C33H41BrN4O5. The smallest absolute Gasteiger partial charge is 0.410 e. The first kappa shape index (κ1) is 29.9. The van der Waals surface area contributed by atoms with E-state index in [0.717, 1.165) is 46.9 Å². The molecule has 2 bridgehead atoms. The van der Waals surface area contributed by atoms with Crippen LogP contribution in [0.15, 0.2) is 40.9 Å². The number of piperazine rings is 1. The van der Waals surface area contributed by atoms with Crippen molar-refractivity contribution in [1.29, 1.82) is 0 Å². The SMILES string of the molecule is CO[C@@H](C)COc1nc(N2CC3CCC(C2)N3C(=O)OC(C)(C)C)c2cc(C3CC3)c(Br)c(OCc3ccccc3)c2n1. The molecule has 3 atom stereocenters. The molecule has 3 aliphatic rings. The van der Waals surface area contributed by atoms with Crippen molar-refractivity contribution in [1.82, 2.24) is 14.9 Å². The molecule has 2 saturated heterocycles. The number of benzene rings is 2. The van der Waals surface area contributed by atoms with Crippen LogP contribution in [0.3, 0.4) is 0 Å². The van der Waals surface area contributed by atoms with E-state index in [1.165, 1.54) is 5.56 Å². The van der Waals surface area contributed by atoms with E-state index in [0.29, 0.717) is 43.5 Å². The second kappa shape index (κ2) is 12.1. The number of carbonyl (C=O) groups is 1. The van der Waals surface area contributed by atoms with Gasteiger partial charge in [-0.2, -0.15) is 9.97 Å². The lowest BCUT2D eigenvalue weighted by molar-refractivity contribution is 0.0122. The van der Waals surface area contributed by atoms with Crippen LogP contribution in [0.4, 0.5) is 10.6 Å². The third-order valence-corrected chi connectivity index (χ3v) is 9.17. The minimum atomic E-state index is -0.537. The number of hydrogen-bond donors (Lipinski definition) is 0. The minimum absolute atomic E-state index is 0.0450. The van der Waals surface area contributed by atoms with Crippen LogP contribution in [0, 0.1) is 0 Å². The van der Waals surface area contributed by atoms with E-state index in [1.807, 2.05) is 50.8 Å². The molecule has 1 saturated carbocycles. The molecule has 2 unspecified atom stereocenters. The van der Waals surface area contributed by atoms with Crippen molar-refractivity contribution in [2.24, 2.45) is 0 Å². The first-order chi connectivity index (χ1) is 20.6. The van der Waals surface area contributed by atoms with E-state index in [2.05, 4.69) is 39.0 Å². The minimum Gasteiger partial charge on any atom is -0.485 e. The average molecular weight is 654 g/mol. The van der Waals surface area contributed by atoms with Gasteiger partial charge in [0.2, 0.25) is 0 Å². The summed E-state index contributed by atoms with van der Waals surface area (Å²) in [5, 5.41) is 0.936. The Labute approximate surface area is 262 Å². The van der Waals surface area contributed by atoms with E-state index in [1.54, 1.807) is 7.11 Å². The number of rotatable bonds is 9. The molecule has 10 heteroatoms. The topological polar surface area (TPSA) is 86.3 Å². The maximum atomic E-state index is 13.2. The molecule has 1 aliphatic carbocycles. The van der Waals surface area contributed by atoms with Crippen molar-refractivity contribution in [3.63, 3.8) is 0 Å². The Bertz CT molecular complexity index is 1460. The second-order valence-corrected chi connectivity index (χ2v) is 13.7. The Kier molecular flexibility index (Phi) is 8.43. The van der Waals surface area contributed by atoms with E-state index in [9.17, 15) is 4.79 Å². The third kappa shape index (κ3) is 6.55. The van der Waals surface area contributed by atoms with Crippen LogP contribution in [0.1, 0.15) is 70.4 Å². The number of fused-ring (bicyclic) bond motifs is 3. The largest absolute Gasteiger partial charge is 0.485 e. The maximum absolute atomic E-state index is 13.2. The van der Waals surface area contributed by atoms with Crippen LogP contribution in [0.5, 0.6) is 11.8 Å². The van der Waals surface area contributed by atoms with Gasteiger partial charge >= 0.3 is 12.1 Å². The quantitative estimate of drug-likeness (QED) is 0.248. The van der Waals surface area contributed by atoms with Crippen LogP contribution in [0.25, 0.3) is 10.9 Å². The third-order valence-electron chi connectivity index (χ3n) is 8.35. The molecule has 0 N–H and O–H groups in total. The van der Waals surface area contributed by atoms with Gasteiger partial charge in [-0.05, 0) is 92.4 Å². The zero-order valence-electron chi connectivity index (χ0n) is 25.6. The number of aromatic nitrogens is 2. The van der Waals surface area contributed by atoms with Crippen LogP contribution in [-0.2, 0) is 16.1 Å². The van der Waals surface area contributed by atoms with Crippen molar-refractivity contribution in [2.75, 3.05) is 31.7 Å². The number of nitrogens with zero attached hydrogens (tertiary/aromatic N) is 4. The lowest BCUT2D eigenvalue weighted by atomic mass is 10.1. The Hall–Kier alpha value is -3.11. The van der Waals surface area contributed by atoms with Crippen molar-refractivity contribution >= 4 is 38.7 Å². The van der Waals surface area contributed by atoms with Gasteiger partial charge in [0.15, 0.2) is 5.75 Å². The number of halogens is 1. The van der Waals surface area contributed by atoms with Gasteiger partial charge in [-0.15, -0.1) is 0 Å². The van der Waals surface area contributed by atoms with Gasteiger partial charge in [0, 0.05) is 25.6 Å². The van der Waals surface area contributed by atoms with Crippen LogP contribution in [-0.4, -0.2) is 71.6 Å². The molecule has 1 amide bonds. The van der Waals surface area contributed by atoms with Crippen LogP contribution in [0.2, 0.25) is 0 Å². The summed E-state index contributed by atoms with van der Waals surface area (Å²) in [5.74, 6) is 1.99. The summed E-state index contributed by atoms with van der Waals surface area (Å²) in [5.41, 5.74) is 2.47. The highest BCUT2D eigenvalue weighted by molar-refractivity contribution is 9.10. The molecule has 1 aromatic heterocycles. The molecule has 43 heavy (non-hydrogen) atoms. The van der Waals surface area contributed by atoms with Gasteiger partial charge in [0.1, 0.15) is 30.1 Å². The average Bonchev–Trinajstić information content (AvgIpc) is 3.78. The Morgan fingerprint density at radius 1 is 1.05 bits per heavy atom. The lowest BCUT2D eigenvalue weighted by Crippen LogP contribution is -2.57. The van der Waals surface area contributed by atoms with Crippen molar-refractivity contribution in [2.45, 2.75) is 89.7 Å². The Balaban J connectivity index is 1.40. The summed E-state index contributed by atoms with van der Waals surface area (Å²) in [7, 11) is 1.66. The molecule has 9 nitrogen and oxygen atoms in total. The monoisotopic (exact) mass is 652 g/mol. The number of methoxy groups -OCH3 is 1. The summed E-state index contributed by atoms with van der Waals surface area (Å²) in [6.45, 7) is 9.73. The number of anilines is 1. The molecule has 6 rings (SSSR count). The van der Waals surface area contributed by atoms with E-state index in [-0.39, 0.29) is 30.3 Å². The van der Waals surface area contributed by atoms with E-state index < -0.39 is 5.60 Å². The number of amides is 1. The van der Waals surface area contributed by atoms with Gasteiger partial charge < -0.3 is 23.8 Å². The van der Waals surface area contributed by atoms with Crippen molar-refractivity contribution in [3.8, 4) is 11.8 Å². The number of hydrogen-bond acceptors (Lipinski definition) is 8. The van der Waals surface area contributed by atoms with Gasteiger partial charge in [-0.1, -0.05) is 30.3 Å². The second-order valence-electron chi connectivity index (χ2n) is 12.9. The fraction of sp³-hybridized carbons (Fsp3) is 0.545. The summed E-state index contributed by atoms with van der Waals surface area (Å²) in [4.78, 5) is 27.3. The molecule has 0 radical (unpaired) electrons. The zero-order chi connectivity index (χ0) is 30.3. The van der Waals surface area contributed by atoms with Gasteiger partial charge in [-0.3, -0.25) is 4.90 Å². The van der Waals surface area contributed by atoms with Gasteiger partial charge in [-0.25, -0.2) is 4.79 Å². The summed E-state index contributed by atoms with van der Waals surface area (Å²) in [6.07, 6.45) is 3.81. The molecule has 3 aromatic rings. The molecule has 3 heterocycles. The van der Waals surface area contributed by atoms with Crippen molar-refractivity contribution < 1.29 is 23.7 Å². The summed E-state index contributed by atoms with van der Waals surface area (Å²) in [6, 6.07) is 12.7. The highest BCUT2D eigenvalue weighted by Crippen LogP contribution is 2.50. The molecule has 2 aliphatic heterocycles. The predicted octanol–water partition coefficient (Wildman–Crippen LogP) is 6.85. The zero-order valence-corrected chi connectivity index (χ0v) is 27.2. The predicted molar refractivity (Wildman–Crippen MR) is 169 cm³/mol. The Morgan fingerprint density at radius 3 is 2.37 bits per heavy atom. The van der Waals surface area contributed by atoms with Crippen molar-refractivity contribution in [3.05, 3.63) is 52.0 Å². The lowest BCUT2D eigenvalue weighted by Gasteiger charge is -2.42. The highest BCUT2D eigenvalue weighted by atomic mass is 79.9. The molecular weight excluding hydrogens is 612 g/mol. The maximum Gasteiger partial charge on any atom is 0.410 e. The first-order valence-corrected chi connectivity index (χ1v) is 16.0. The molecule has 0 spiro atoms. The fourth-order valence-corrected chi connectivity index (χ4v) is 6.74. The molecule has 230 valence electrons. The van der Waals surface area contributed by atoms with Gasteiger partial charge in [0.05, 0.1) is 22.7 Å². The molecule has 2 aromatic carbocycles. The molecule has 3 fully saturated rings. The van der Waals surface area contributed by atoms with Crippen LogP contribution < -0.4 is 14.4 Å². The standard InChI is InChI=1S/C33H41BrN4O5/c1-20(40-5)18-42-31-35-28-26(15-25(22-11-12-22)27(34)29(28)41-19-21-9-7-6-8-10-21)30(36-31)37-16-23-13-14-24(17-37)38(23)32(39)43-33(2,3)4/h6-10,15,20,22-24H,11-14,16-19H2,1-5H3/t20-,23?,24?/m0/s1. The summed E-state index contributed by atoms with van der Waals surface area (Å²) < 4.78 is 24.8. The van der Waals surface area contributed by atoms with Gasteiger partial charge in [0.25, 0.3) is 0 Å². The highest BCUT2D eigenvalue weighted by Gasteiger charge is 2.45. The van der Waals surface area contributed by atoms with E-state index in [4.69, 9.17) is 28.9 Å². The number of ether oxygens (including phenoxy) is 4. The summed E-state index contributed by atoms with van der Waals surface area (Å²) >= 11 is 3.89. The Morgan fingerprint density at radius 2 is 1.74 bits per heavy atom. The van der Waals surface area contributed by atoms with Crippen LogP contribution >= 0.6 is 15.9 Å². The first-order valence-electron chi connectivity index (χ1n) is 15.2. The fourth-order valence-electron chi connectivity index (χ4n) is 6.00.